The molecule has 0 aromatic carbocycles. The Morgan fingerprint density at radius 1 is 1.47 bits per heavy atom. The van der Waals surface area contributed by atoms with Crippen LogP contribution in [0.4, 0.5) is 0 Å². The molecule has 0 bridgehead atoms. The zero-order valence-electron chi connectivity index (χ0n) is 9.69. The Morgan fingerprint density at radius 3 is 2.76 bits per heavy atom. The summed E-state index contributed by atoms with van der Waals surface area (Å²) in [6.07, 6.45) is 1.54. The van der Waals surface area contributed by atoms with Gasteiger partial charge in [0.2, 0.25) is 0 Å². The van der Waals surface area contributed by atoms with Crippen LogP contribution in [0, 0.1) is 0 Å². The molecular formula is C10H17N3O3S. The van der Waals surface area contributed by atoms with Crippen LogP contribution in [0.15, 0.2) is 0 Å². The maximum atomic E-state index is 11.5. The normalized spacial score (nSPS) is 23.8. The monoisotopic (exact) mass is 259 g/mol. The molecule has 0 aliphatic carbocycles. The van der Waals surface area contributed by atoms with Crippen LogP contribution in [0.1, 0.15) is 19.8 Å². The van der Waals surface area contributed by atoms with Crippen molar-refractivity contribution >= 4 is 29.0 Å². The van der Waals surface area contributed by atoms with E-state index in [1.165, 1.54) is 0 Å². The van der Waals surface area contributed by atoms with Crippen LogP contribution >= 0.6 is 12.2 Å². The molecule has 1 fully saturated rings. The number of carbonyl (C=O) groups is 2. The number of thiocarbonyl (C=S) groups is 1. The molecule has 2 amide bonds. The van der Waals surface area contributed by atoms with Gasteiger partial charge in [-0.15, -0.1) is 0 Å². The molecule has 2 unspecified atom stereocenters. The molecule has 1 aliphatic rings. The predicted molar refractivity (Wildman–Crippen MR) is 66.4 cm³/mol. The highest BCUT2D eigenvalue weighted by molar-refractivity contribution is 7.80. The van der Waals surface area contributed by atoms with Crippen molar-refractivity contribution < 1.29 is 14.3 Å². The molecule has 2 atom stereocenters. The fraction of sp³-hybridized carbons (Fsp3) is 0.700. The van der Waals surface area contributed by atoms with Crippen molar-refractivity contribution in [2.45, 2.75) is 31.9 Å². The average Bonchev–Trinajstić information content (AvgIpc) is 2.25. The number of rotatable bonds is 3. The zero-order valence-corrected chi connectivity index (χ0v) is 10.5. The highest BCUT2D eigenvalue weighted by Gasteiger charge is 2.23. The molecule has 7 heteroatoms. The number of carbonyl (C=O) groups excluding carboxylic acids is 2. The molecule has 0 aromatic heterocycles. The van der Waals surface area contributed by atoms with E-state index < -0.39 is 11.8 Å². The third-order valence-corrected chi connectivity index (χ3v) is 2.59. The van der Waals surface area contributed by atoms with Gasteiger partial charge in [0, 0.05) is 12.6 Å². The largest absolute Gasteiger partial charge is 0.392 e. The molecule has 0 saturated carbocycles. The summed E-state index contributed by atoms with van der Waals surface area (Å²) in [5.41, 5.74) is 5.21. The number of nitrogens with one attached hydrogen (secondary N) is 2. The van der Waals surface area contributed by atoms with E-state index in [0.29, 0.717) is 13.0 Å². The quantitative estimate of drug-likeness (QED) is 0.450. The van der Waals surface area contributed by atoms with Crippen LogP contribution in [-0.4, -0.2) is 42.1 Å². The van der Waals surface area contributed by atoms with Crippen LogP contribution in [0.25, 0.3) is 0 Å². The van der Waals surface area contributed by atoms with E-state index in [4.69, 9.17) is 10.5 Å². The van der Waals surface area contributed by atoms with Gasteiger partial charge in [-0.3, -0.25) is 9.59 Å². The fourth-order valence-corrected chi connectivity index (χ4v) is 1.70. The molecular weight excluding hydrogens is 242 g/mol. The van der Waals surface area contributed by atoms with Gasteiger partial charge in [0.25, 0.3) is 0 Å². The minimum absolute atomic E-state index is 0.0122. The first-order valence-corrected chi connectivity index (χ1v) is 5.88. The smallest absolute Gasteiger partial charge is 0.309 e. The molecule has 4 N–H and O–H groups in total. The molecule has 0 spiro atoms. The minimum Gasteiger partial charge on any atom is -0.392 e. The van der Waals surface area contributed by atoms with Gasteiger partial charge in [-0.1, -0.05) is 12.2 Å². The van der Waals surface area contributed by atoms with Gasteiger partial charge >= 0.3 is 11.8 Å². The van der Waals surface area contributed by atoms with E-state index >= 15 is 0 Å². The van der Waals surface area contributed by atoms with Crippen LogP contribution in [0.5, 0.6) is 0 Å². The van der Waals surface area contributed by atoms with E-state index in [0.717, 1.165) is 6.42 Å². The first-order chi connectivity index (χ1) is 7.99. The van der Waals surface area contributed by atoms with Crippen LogP contribution in [-0.2, 0) is 14.3 Å². The molecule has 96 valence electrons. The van der Waals surface area contributed by atoms with Gasteiger partial charge in [0.1, 0.15) is 0 Å². The van der Waals surface area contributed by atoms with Crippen molar-refractivity contribution in [1.82, 2.24) is 10.6 Å². The standard InChI is InChI=1S/C10H17N3O3S/c1-6-4-7(2-3-16-6)13-10(15)9(14)12-5-8(11)17/h6-7H,2-5H2,1H3,(H2,11,17)(H,12,14)(H,13,15). The van der Waals surface area contributed by atoms with Crippen molar-refractivity contribution in [3.05, 3.63) is 0 Å². The second-order valence-corrected chi connectivity index (χ2v) is 4.55. The SMILES string of the molecule is CC1CC(NC(=O)C(=O)NCC(N)=S)CCO1. The number of nitrogens with two attached hydrogens (primary N) is 1. The Labute approximate surface area is 105 Å². The van der Waals surface area contributed by atoms with Crippen LogP contribution in [0.3, 0.4) is 0 Å². The Hall–Kier alpha value is -1.21. The van der Waals surface area contributed by atoms with Gasteiger partial charge in [-0.2, -0.15) is 0 Å². The number of amides is 2. The summed E-state index contributed by atoms with van der Waals surface area (Å²) in [5, 5.41) is 4.99. The molecule has 1 heterocycles. The molecule has 0 radical (unpaired) electrons. The highest BCUT2D eigenvalue weighted by atomic mass is 32.1. The first-order valence-electron chi connectivity index (χ1n) is 5.47. The molecule has 1 aliphatic heterocycles. The maximum absolute atomic E-state index is 11.5. The second kappa shape index (κ2) is 6.51. The summed E-state index contributed by atoms with van der Waals surface area (Å²) in [7, 11) is 0. The number of hydrogen-bond acceptors (Lipinski definition) is 4. The summed E-state index contributed by atoms with van der Waals surface area (Å²) in [6.45, 7) is 2.57. The van der Waals surface area contributed by atoms with Gasteiger partial charge in [-0.05, 0) is 19.8 Å². The van der Waals surface area contributed by atoms with Crippen molar-refractivity contribution in [2.24, 2.45) is 5.73 Å². The Morgan fingerprint density at radius 2 is 2.18 bits per heavy atom. The lowest BCUT2D eigenvalue weighted by molar-refractivity contribution is -0.140. The second-order valence-electron chi connectivity index (χ2n) is 4.03. The van der Waals surface area contributed by atoms with E-state index in [9.17, 15) is 9.59 Å². The maximum Gasteiger partial charge on any atom is 0.309 e. The third kappa shape index (κ3) is 5.10. The topological polar surface area (TPSA) is 93.5 Å². The lowest BCUT2D eigenvalue weighted by Crippen LogP contribution is -2.48. The fourth-order valence-electron chi connectivity index (χ4n) is 1.63. The summed E-state index contributed by atoms with van der Waals surface area (Å²) in [4.78, 5) is 23.0. The van der Waals surface area contributed by atoms with Gasteiger partial charge in [0.05, 0.1) is 17.6 Å². The first kappa shape index (κ1) is 13.9. The average molecular weight is 259 g/mol. The summed E-state index contributed by atoms with van der Waals surface area (Å²) >= 11 is 4.59. The van der Waals surface area contributed by atoms with E-state index in [1.54, 1.807) is 0 Å². The van der Waals surface area contributed by atoms with E-state index in [-0.39, 0.29) is 23.7 Å². The van der Waals surface area contributed by atoms with E-state index in [1.807, 2.05) is 6.92 Å². The number of hydrogen-bond donors (Lipinski definition) is 3. The van der Waals surface area contributed by atoms with Gasteiger partial charge < -0.3 is 21.1 Å². The highest BCUT2D eigenvalue weighted by Crippen LogP contribution is 2.12. The van der Waals surface area contributed by atoms with Gasteiger partial charge in [-0.25, -0.2) is 0 Å². The molecule has 1 saturated heterocycles. The lowest BCUT2D eigenvalue weighted by atomic mass is 10.0. The zero-order chi connectivity index (χ0) is 12.8. The summed E-state index contributed by atoms with van der Waals surface area (Å²) in [5.74, 6) is -1.36. The van der Waals surface area contributed by atoms with Crippen molar-refractivity contribution in [3.63, 3.8) is 0 Å². The van der Waals surface area contributed by atoms with E-state index in [2.05, 4.69) is 22.9 Å². The van der Waals surface area contributed by atoms with Crippen molar-refractivity contribution in [3.8, 4) is 0 Å². The van der Waals surface area contributed by atoms with Crippen molar-refractivity contribution in [2.75, 3.05) is 13.2 Å². The lowest BCUT2D eigenvalue weighted by Gasteiger charge is -2.27. The van der Waals surface area contributed by atoms with Crippen molar-refractivity contribution in [1.29, 1.82) is 0 Å². The molecule has 1 rings (SSSR count). The van der Waals surface area contributed by atoms with Crippen LogP contribution in [0.2, 0.25) is 0 Å². The summed E-state index contributed by atoms with van der Waals surface area (Å²) < 4.78 is 5.34. The number of ether oxygens (including phenoxy) is 1. The summed E-state index contributed by atoms with van der Waals surface area (Å²) in [6, 6.07) is -0.0122. The van der Waals surface area contributed by atoms with Crippen LogP contribution < -0.4 is 16.4 Å². The molecule has 6 nitrogen and oxygen atoms in total. The minimum atomic E-state index is -0.711. The predicted octanol–water partition coefficient (Wildman–Crippen LogP) is -0.928. The van der Waals surface area contributed by atoms with Gasteiger partial charge in [0.15, 0.2) is 0 Å². The Balaban J connectivity index is 2.32. The molecule has 0 aromatic rings. The third-order valence-electron chi connectivity index (χ3n) is 2.45. The Kier molecular flexibility index (Phi) is 5.30. The molecule has 17 heavy (non-hydrogen) atoms. The Bertz CT molecular complexity index is 322.